The minimum absolute atomic E-state index is 0.156. The van der Waals surface area contributed by atoms with E-state index in [4.69, 9.17) is 4.74 Å². The maximum Gasteiger partial charge on any atom is 0.309 e. The maximum atomic E-state index is 12.7. The molecule has 0 amide bonds. The normalized spacial score (nSPS) is 32.6. The van der Waals surface area contributed by atoms with Gasteiger partial charge in [-0.25, -0.2) is 0 Å². The molecule has 0 saturated heterocycles. The van der Waals surface area contributed by atoms with Crippen molar-refractivity contribution in [1.29, 1.82) is 0 Å². The van der Waals surface area contributed by atoms with E-state index in [-0.39, 0.29) is 11.4 Å². The van der Waals surface area contributed by atoms with E-state index in [0.29, 0.717) is 31.3 Å². The van der Waals surface area contributed by atoms with Gasteiger partial charge in [0.15, 0.2) is 0 Å². The quantitative estimate of drug-likeness (QED) is 0.380. The van der Waals surface area contributed by atoms with Gasteiger partial charge in [0, 0.05) is 0 Å². The molecule has 5 atom stereocenters. The average molecular weight is 395 g/mol. The predicted octanol–water partition coefficient (Wildman–Crippen LogP) is 6.08. The Hall–Kier alpha value is -1.06. The van der Waals surface area contributed by atoms with Crippen LogP contribution in [0.3, 0.4) is 0 Å². The summed E-state index contributed by atoms with van der Waals surface area (Å²) in [4.78, 5) is 24.2. The van der Waals surface area contributed by atoms with Gasteiger partial charge < -0.3 is 9.84 Å². The SMILES string of the molecule is CCCCCCC1C(C)CCC(COC(=O)C2CCCCC2C(=O)O)C1(C)C. The molecule has 0 heterocycles. The van der Waals surface area contributed by atoms with E-state index in [1.54, 1.807) is 0 Å². The first-order valence-electron chi connectivity index (χ1n) is 11.7. The number of esters is 1. The van der Waals surface area contributed by atoms with Crippen LogP contribution in [0.4, 0.5) is 0 Å². The van der Waals surface area contributed by atoms with Crippen LogP contribution in [0, 0.1) is 35.0 Å². The number of aliphatic carboxylic acids is 1. The fourth-order valence-corrected chi connectivity index (χ4v) is 5.82. The molecule has 2 aliphatic rings. The highest BCUT2D eigenvalue weighted by Gasteiger charge is 2.44. The number of carboxylic acid groups (broad SMARTS) is 1. The van der Waals surface area contributed by atoms with Gasteiger partial charge >= 0.3 is 11.9 Å². The molecule has 0 bridgehead atoms. The fourth-order valence-electron chi connectivity index (χ4n) is 5.82. The monoisotopic (exact) mass is 394 g/mol. The Kier molecular flexibility index (Phi) is 8.82. The molecule has 2 fully saturated rings. The van der Waals surface area contributed by atoms with E-state index < -0.39 is 17.8 Å². The molecule has 0 spiro atoms. The van der Waals surface area contributed by atoms with Crippen LogP contribution in [-0.4, -0.2) is 23.7 Å². The fraction of sp³-hybridized carbons (Fsp3) is 0.917. The molecule has 0 aromatic carbocycles. The molecule has 2 rings (SSSR count). The van der Waals surface area contributed by atoms with Crippen LogP contribution in [-0.2, 0) is 14.3 Å². The smallest absolute Gasteiger partial charge is 0.309 e. The van der Waals surface area contributed by atoms with E-state index >= 15 is 0 Å². The molecule has 28 heavy (non-hydrogen) atoms. The van der Waals surface area contributed by atoms with Gasteiger partial charge in [0.2, 0.25) is 0 Å². The Balaban J connectivity index is 1.93. The van der Waals surface area contributed by atoms with Crippen LogP contribution >= 0.6 is 0 Å². The average Bonchev–Trinajstić information content (AvgIpc) is 2.66. The Bertz CT molecular complexity index is 513. The number of hydrogen-bond acceptors (Lipinski definition) is 3. The molecule has 1 N–H and O–H groups in total. The zero-order valence-electron chi connectivity index (χ0n) is 18.5. The minimum atomic E-state index is -0.847. The van der Waals surface area contributed by atoms with Gasteiger partial charge in [0.05, 0.1) is 18.4 Å². The van der Waals surface area contributed by atoms with E-state index in [9.17, 15) is 14.7 Å². The first kappa shape index (κ1) is 23.2. The first-order chi connectivity index (χ1) is 13.3. The molecule has 0 radical (unpaired) electrons. The van der Waals surface area contributed by atoms with Gasteiger partial charge in [0.25, 0.3) is 0 Å². The lowest BCUT2D eigenvalue weighted by atomic mass is 9.57. The maximum absolute atomic E-state index is 12.7. The van der Waals surface area contributed by atoms with Gasteiger partial charge in [-0.3, -0.25) is 9.59 Å². The van der Waals surface area contributed by atoms with Gasteiger partial charge in [0.1, 0.15) is 0 Å². The van der Waals surface area contributed by atoms with E-state index in [0.717, 1.165) is 25.2 Å². The van der Waals surface area contributed by atoms with Gasteiger partial charge in [-0.2, -0.15) is 0 Å². The van der Waals surface area contributed by atoms with Crippen molar-refractivity contribution in [2.45, 2.75) is 98.3 Å². The predicted molar refractivity (Wildman–Crippen MR) is 112 cm³/mol. The number of rotatable bonds is 9. The van der Waals surface area contributed by atoms with Crippen LogP contribution < -0.4 is 0 Å². The van der Waals surface area contributed by atoms with Gasteiger partial charge in [-0.1, -0.05) is 72.6 Å². The van der Waals surface area contributed by atoms with Crippen molar-refractivity contribution in [2.24, 2.45) is 35.0 Å². The van der Waals surface area contributed by atoms with Crippen LogP contribution in [0.15, 0.2) is 0 Å². The summed E-state index contributed by atoms with van der Waals surface area (Å²) in [6, 6.07) is 0. The second kappa shape index (κ2) is 10.6. The standard InChI is InChI=1S/C24H42O4/c1-5-6-7-8-13-21-17(2)14-15-18(24(21,3)4)16-28-23(27)20-12-10-9-11-19(20)22(25)26/h17-21H,5-16H2,1-4H3,(H,25,26). The van der Waals surface area contributed by atoms with Crippen LogP contribution in [0.5, 0.6) is 0 Å². The Morgan fingerprint density at radius 1 is 1.00 bits per heavy atom. The molecule has 2 aliphatic carbocycles. The van der Waals surface area contributed by atoms with Gasteiger partial charge in [-0.15, -0.1) is 0 Å². The highest BCUT2D eigenvalue weighted by Crippen LogP contribution is 2.50. The molecular formula is C24H42O4. The largest absolute Gasteiger partial charge is 0.481 e. The first-order valence-corrected chi connectivity index (χ1v) is 11.7. The van der Waals surface area contributed by atoms with Crippen molar-refractivity contribution in [1.82, 2.24) is 0 Å². The van der Waals surface area contributed by atoms with Crippen molar-refractivity contribution in [2.75, 3.05) is 6.61 Å². The van der Waals surface area contributed by atoms with Crippen LogP contribution in [0.1, 0.15) is 98.3 Å². The lowest BCUT2D eigenvalue weighted by Crippen LogP contribution is -2.43. The summed E-state index contributed by atoms with van der Waals surface area (Å²) in [6.07, 6.45) is 11.8. The molecule has 0 aliphatic heterocycles. The molecule has 162 valence electrons. The summed E-state index contributed by atoms with van der Waals surface area (Å²) >= 11 is 0. The Morgan fingerprint density at radius 3 is 2.32 bits per heavy atom. The highest BCUT2D eigenvalue weighted by atomic mass is 16.5. The third-order valence-corrected chi connectivity index (χ3v) is 7.85. The van der Waals surface area contributed by atoms with Crippen molar-refractivity contribution in [3.8, 4) is 0 Å². The summed E-state index contributed by atoms with van der Waals surface area (Å²) in [5.41, 5.74) is 0.156. The Morgan fingerprint density at radius 2 is 1.68 bits per heavy atom. The van der Waals surface area contributed by atoms with E-state index in [1.807, 2.05) is 0 Å². The molecular weight excluding hydrogens is 352 g/mol. The molecule has 0 aromatic rings. The summed E-state index contributed by atoms with van der Waals surface area (Å²) in [5.74, 6) is -0.382. The lowest BCUT2D eigenvalue weighted by Gasteiger charge is -2.48. The van der Waals surface area contributed by atoms with Crippen LogP contribution in [0.25, 0.3) is 0 Å². The van der Waals surface area contributed by atoms with E-state index in [1.165, 1.54) is 38.5 Å². The molecule has 4 heteroatoms. The lowest BCUT2D eigenvalue weighted by molar-refractivity contribution is -0.163. The summed E-state index contributed by atoms with van der Waals surface area (Å²) < 4.78 is 5.76. The zero-order chi connectivity index (χ0) is 20.7. The molecule has 0 aromatic heterocycles. The van der Waals surface area contributed by atoms with Crippen LogP contribution in [0.2, 0.25) is 0 Å². The number of carbonyl (C=O) groups is 2. The summed E-state index contributed by atoms with van der Waals surface area (Å²) in [7, 11) is 0. The number of unbranched alkanes of at least 4 members (excludes halogenated alkanes) is 3. The second-order valence-corrected chi connectivity index (χ2v) is 9.99. The van der Waals surface area contributed by atoms with Crippen molar-refractivity contribution in [3.05, 3.63) is 0 Å². The van der Waals surface area contributed by atoms with Crippen molar-refractivity contribution in [3.63, 3.8) is 0 Å². The topological polar surface area (TPSA) is 63.6 Å². The van der Waals surface area contributed by atoms with Crippen molar-refractivity contribution >= 4 is 11.9 Å². The second-order valence-electron chi connectivity index (χ2n) is 9.99. The highest BCUT2D eigenvalue weighted by molar-refractivity contribution is 5.81. The zero-order valence-corrected chi connectivity index (χ0v) is 18.5. The van der Waals surface area contributed by atoms with Gasteiger partial charge in [-0.05, 0) is 48.9 Å². The Labute approximate surface area is 171 Å². The van der Waals surface area contributed by atoms with E-state index in [2.05, 4.69) is 27.7 Å². The minimum Gasteiger partial charge on any atom is -0.481 e. The molecule has 2 saturated carbocycles. The summed E-state index contributed by atoms with van der Waals surface area (Å²) in [6.45, 7) is 9.79. The molecule has 5 unspecified atom stereocenters. The number of hydrogen-bond donors (Lipinski definition) is 1. The number of carboxylic acids is 1. The summed E-state index contributed by atoms with van der Waals surface area (Å²) in [5, 5.41) is 9.43. The van der Waals surface area contributed by atoms with Crippen molar-refractivity contribution < 1.29 is 19.4 Å². The third-order valence-electron chi connectivity index (χ3n) is 7.85. The number of carbonyl (C=O) groups excluding carboxylic acids is 1. The molecule has 4 nitrogen and oxygen atoms in total. The number of ether oxygens (including phenoxy) is 1. The third kappa shape index (κ3) is 5.73.